The average molecular weight is 338 g/mol. The van der Waals surface area contributed by atoms with Gasteiger partial charge >= 0.3 is 5.97 Å². The molecule has 6 heteroatoms. The molecule has 0 radical (unpaired) electrons. The van der Waals surface area contributed by atoms with Crippen molar-refractivity contribution in [3.8, 4) is 0 Å². The molecule has 0 aromatic heterocycles. The summed E-state index contributed by atoms with van der Waals surface area (Å²) < 4.78 is 0. The van der Waals surface area contributed by atoms with Crippen LogP contribution in [0.2, 0.25) is 10.0 Å². The van der Waals surface area contributed by atoms with E-state index in [9.17, 15) is 9.59 Å². The molecule has 0 fully saturated rings. The summed E-state index contributed by atoms with van der Waals surface area (Å²) in [5.74, 6) is -1.32. The Morgan fingerprint density at radius 3 is 2.55 bits per heavy atom. The number of hydrogen-bond acceptors (Lipinski definition) is 2. The lowest BCUT2D eigenvalue weighted by atomic mass is 10.1. The van der Waals surface area contributed by atoms with Gasteiger partial charge < -0.3 is 10.4 Å². The number of nitrogens with one attached hydrogen (secondary N) is 1. The monoisotopic (exact) mass is 337 g/mol. The van der Waals surface area contributed by atoms with Crippen molar-refractivity contribution >= 4 is 40.8 Å². The van der Waals surface area contributed by atoms with Crippen LogP contribution in [0.5, 0.6) is 0 Å². The first-order valence-corrected chi connectivity index (χ1v) is 7.28. The van der Waals surface area contributed by atoms with E-state index in [4.69, 9.17) is 28.3 Å². The zero-order valence-electron chi connectivity index (χ0n) is 11.5. The SMILES string of the molecule is O=C(CCc1cccc(Cl)c1)Nc1cc(C(=O)O)ccc1Cl. The van der Waals surface area contributed by atoms with E-state index in [1.807, 2.05) is 12.1 Å². The van der Waals surface area contributed by atoms with Gasteiger partial charge in [0.1, 0.15) is 0 Å². The highest BCUT2D eigenvalue weighted by Gasteiger charge is 2.10. The molecule has 2 N–H and O–H groups in total. The van der Waals surface area contributed by atoms with Crippen molar-refractivity contribution in [2.24, 2.45) is 0 Å². The fraction of sp³-hybridized carbons (Fsp3) is 0.125. The Labute approximate surface area is 137 Å². The smallest absolute Gasteiger partial charge is 0.335 e. The Morgan fingerprint density at radius 1 is 1.09 bits per heavy atom. The van der Waals surface area contributed by atoms with Crippen LogP contribution >= 0.6 is 23.2 Å². The summed E-state index contributed by atoms with van der Waals surface area (Å²) >= 11 is 11.8. The van der Waals surface area contributed by atoms with E-state index in [0.717, 1.165) is 5.56 Å². The van der Waals surface area contributed by atoms with Crippen LogP contribution in [0.3, 0.4) is 0 Å². The normalized spacial score (nSPS) is 10.3. The van der Waals surface area contributed by atoms with Crippen molar-refractivity contribution in [2.45, 2.75) is 12.8 Å². The highest BCUT2D eigenvalue weighted by Crippen LogP contribution is 2.23. The average Bonchev–Trinajstić information content (AvgIpc) is 2.47. The first-order chi connectivity index (χ1) is 10.5. The Hall–Kier alpha value is -2.04. The van der Waals surface area contributed by atoms with Crippen molar-refractivity contribution in [3.63, 3.8) is 0 Å². The standard InChI is InChI=1S/C16H13Cl2NO3/c17-12-3-1-2-10(8-12)4-7-15(20)19-14-9-11(16(21)22)5-6-13(14)18/h1-3,5-6,8-9H,4,7H2,(H,19,20)(H,21,22). The highest BCUT2D eigenvalue weighted by atomic mass is 35.5. The minimum Gasteiger partial charge on any atom is -0.478 e. The fourth-order valence-corrected chi connectivity index (χ4v) is 2.29. The lowest BCUT2D eigenvalue weighted by Gasteiger charge is -2.08. The molecular weight excluding hydrogens is 325 g/mol. The van der Waals surface area contributed by atoms with Gasteiger partial charge in [-0.1, -0.05) is 35.3 Å². The lowest BCUT2D eigenvalue weighted by molar-refractivity contribution is -0.116. The lowest BCUT2D eigenvalue weighted by Crippen LogP contribution is -2.13. The molecule has 0 aliphatic heterocycles. The third-order valence-corrected chi connectivity index (χ3v) is 3.58. The highest BCUT2D eigenvalue weighted by molar-refractivity contribution is 6.33. The number of aryl methyl sites for hydroxylation is 1. The van der Waals surface area contributed by atoms with Gasteiger partial charge in [0.25, 0.3) is 0 Å². The number of carbonyl (C=O) groups excluding carboxylic acids is 1. The van der Waals surface area contributed by atoms with Crippen molar-refractivity contribution in [1.82, 2.24) is 0 Å². The molecule has 0 bridgehead atoms. The van der Waals surface area contributed by atoms with Crippen molar-refractivity contribution in [3.05, 3.63) is 63.6 Å². The molecule has 0 aliphatic carbocycles. The zero-order valence-corrected chi connectivity index (χ0v) is 13.0. The summed E-state index contributed by atoms with van der Waals surface area (Å²) in [6.45, 7) is 0. The number of halogens is 2. The minimum atomic E-state index is -1.08. The van der Waals surface area contributed by atoms with Crippen LogP contribution in [0.15, 0.2) is 42.5 Å². The maximum absolute atomic E-state index is 12.0. The molecule has 0 spiro atoms. The van der Waals surface area contributed by atoms with Crippen LogP contribution in [-0.2, 0) is 11.2 Å². The summed E-state index contributed by atoms with van der Waals surface area (Å²) in [5.41, 5.74) is 1.31. The van der Waals surface area contributed by atoms with Crippen LogP contribution in [0.1, 0.15) is 22.3 Å². The van der Waals surface area contributed by atoms with Gasteiger partial charge in [0.2, 0.25) is 5.91 Å². The summed E-state index contributed by atoms with van der Waals surface area (Å²) in [5, 5.41) is 12.5. The number of rotatable bonds is 5. The topological polar surface area (TPSA) is 66.4 Å². The van der Waals surface area contributed by atoms with Gasteiger partial charge in [0.05, 0.1) is 16.3 Å². The number of carboxylic acids is 1. The van der Waals surface area contributed by atoms with Crippen LogP contribution in [0.4, 0.5) is 5.69 Å². The predicted molar refractivity (Wildman–Crippen MR) is 86.8 cm³/mol. The molecule has 2 aromatic carbocycles. The minimum absolute atomic E-state index is 0.0644. The molecule has 0 saturated heterocycles. The Bertz CT molecular complexity index is 716. The summed E-state index contributed by atoms with van der Waals surface area (Å²) in [7, 11) is 0. The Balaban J connectivity index is 2.00. The number of aromatic carboxylic acids is 1. The van der Waals surface area contributed by atoms with E-state index in [1.165, 1.54) is 18.2 Å². The molecule has 2 aromatic rings. The largest absolute Gasteiger partial charge is 0.478 e. The predicted octanol–water partition coefficient (Wildman–Crippen LogP) is 4.26. The van der Waals surface area contributed by atoms with Crippen LogP contribution < -0.4 is 5.32 Å². The van der Waals surface area contributed by atoms with Crippen LogP contribution in [-0.4, -0.2) is 17.0 Å². The van der Waals surface area contributed by atoms with E-state index in [2.05, 4.69) is 5.32 Å². The van der Waals surface area contributed by atoms with Crippen molar-refractivity contribution in [2.75, 3.05) is 5.32 Å². The molecule has 2 rings (SSSR count). The summed E-state index contributed by atoms with van der Waals surface area (Å²) in [4.78, 5) is 22.9. The van der Waals surface area contributed by atoms with E-state index in [0.29, 0.717) is 16.5 Å². The summed E-state index contributed by atoms with van der Waals surface area (Å²) in [6.07, 6.45) is 0.774. The van der Waals surface area contributed by atoms with Gasteiger partial charge in [-0.2, -0.15) is 0 Å². The first kappa shape index (κ1) is 16.3. The third-order valence-electron chi connectivity index (χ3n) is 3.02. The first-order valence-electron chi connectivity index (χ1n) is 6.53. The summed E-state index contributed by atoms with van der Waals surface area (Å²) in [6, 6.07) is 11.4. The Morgan fingerprint density at radius 2 is 1.86 bits per heavy atom. The van der Waals surface area contributed by atoms with Gasteiger partial charge in [-0.05, 0) is 42.3 Å². The van der Waals surface area contributed by atoms with E-state index < -0.39 is 5.97 Å². The molecule has 0 heterocycles. The molecule has 114 valence electrons. The van der Waals surface area contributed by atoms with Crippen LogP contribution in [0.25, 0.3) is 0 Å². The molecule has 1 amide bonds. The van der Waals surface area contributed by atoms with Crippen molar-refractivity contribution < 1.29 is 14.7 Å². The van der Waals surface area contributed by atoms with Crippen LogP contribution in [0, 0.1) is 0 Å². The fourth-order valence-electron chi connectivity index (χ4n) is 1.92. The second-order valence-electron chi connectivity index (χ2n) is 4.68. The number of benzene rings is 2. The molecule has 4 nitrogen and oxygen atoms in total. The maximum atomic E-state index is 12.0. The van der Waals surface area contributed by atoms with Gasteiger partial charge in [0.15, 0.2) is 0 Å². The number of amides is 1. The molecule has 0 saturated carbocycles. The molecule has 22 heavy (non-hydrogen) atoms. The van der Waals surface area contributed by atoms with Gasteiger partial charge in [-0.25, -0.2) is 4.79 Å². The number of hydrogen-bond donors (Lipinski definition) is 2. The molecule has 0 atom stereocenters. The molecular formula is C16H13Cl2NO3. The molecule has 0 unspecified atom stereocenters. The second kappa shape index (κ2) is 7.29. The second-order valence-corrected chi connectivity index (χ2v) is 5.52. The van der Waals surface area contributed by atoms with Gasteiger partial charge in [-0.3, -0.25) is 4.79 Å². The zero-order chi connectivity index (χ0) is 16.1. The maximum Gasteiger partial charge on any atom is 0.335 e. The third kappa shape index (κ3) is 4.48. The molecule has 0 aliphatic rings. The Kier molecular flexibility index (Phi) is 5.41. The van der Waals surface area contributed by atoms with E-state index >= 15 is 0 Å². The van der Waals surface area contributed by atoms with E-state index in [1.54, 1.807) is 12.1 Å². The van der Waals surface area contributed by atoms with Gasteiger partial charge in [0, 0.05) is 11.4 Å². The number of anilines is 1. The van der Waals surface area contributed by atoms with E-state index in [-0.39, 0.29) is 23.6 Å². The van der Waals surface area contributed by atoms with Gasteiger partial charge in [-0.15, -0.1) is 0 Å². The number of carbonyl (C=O) groups is 2. The van der Waals surface area contributed by atoms with Crippen molar-refractivity contribution in [1.29, 1.82) is 0 Å². The number of carboxylic acid groups (broad SMARTS) is 1. The quantitative estimate of drug-likeness (QED) is 0.856.